The zero-order valence-corrected chi connectivity index (χ0v) is 16.2. The molecule has 3 aromatic rings. The standard InChI is InChI=1S/C22H19BrN2O2/c23-21-6-2-1-5-19(21)9-12-22(26)25-15-17-7-10-20(11-8-17)27-16-18-4-3-13-24-14-18/h1-14H,15-16H2,(H,25,26)/b12-9+. The Balaban J connectivity index is 1.47. The molecule has 0 aliphatic carbocycles. The van der Waals surface area contributed by atoms with Gasteiger partial charge < -0.3 is 10.1 Å². The summed E-state index contributed by atoms with van der Waals surface area (Å²) >= 11 is 3.46. The molecule has 0 aliphatic heterocycles. The van der Waals surface area contributed by atoms with Crippen LogP contribution in [0, 0.1) is 0 Å². The zero-order chi connectivity index (χ0) is 18.9. The van der Waals surface area contributed by atoms with Crippen molar-refractivity contribution in [3.8, 4) is 5.75 Å². The third-order valence-corrected chi connectivity index (χ3v) is 4.56. The number of hydrogen-bond acceptors (Lipinski definition) is 3. The fourth-order valence-electron chi connectivity index (χ4n) is 2.38. The fraction of sp³-hybridized carbons (Fsp3) is 0.0909. The Bertz CT molecular complexity index is 909. The Morgan fingerprint density at radius 2 is 1.85 bits per heavy atom. The van der Waals surface area contributed by atoms with Crippen molar-refractivity contribution in [2.75, 3.05) is 0 Å². The van der Waals surface area contributed by atoms with Crippen LogP contribution in [-0.4, -0.2) is 10.9 Å². The monoisotopic (exact) mass is 422 g/mol. The molecule has 136 valence electrons. The van der Waals surface area contributed by atoms with E-state index in [1.165, 1.54) is 6.08 Å². The molecule has 0 spiro atoms. The van der Waals surface area contributed by atoms with Crippen molar-refractivity contribution in [1.29, 1.82) is 0 Å². The second-order valence-electron chi connectivity index (χ2n) is 5.87. The van der Waals surface area contributed by atoms with Crippen molar-refractivity contribution >= 4 is 27.9 Å². The molecule has 27 heavy (non-hydrogen) atoms. The Labute approximate surface area is 167 Å². The Hall–Kier alpha value is -2.92. The summed E-state index contributed by atoms with van der Waals surface area (Å²) in [6.45, 7) is 0.936. The van der Waals surface area contributed by atoms with Crippen LogP contribution in [0.1, 0.15) is 16.7 Å². The Morgan fingerprint density at radius 1 is 1.04 bits per heavy atom. The van der Waals surface area contributed by atoms with Crippen molar-refractivity contribution in [2.24, 2.45) is 0 Å². The molecule has 0 unspecified atom stereocenters. The maximum atomic E-state index is 12.0. The van der Waals surface area contributed by atoms with Crippen molar-refractivity contribution in [1.82, 2.24) is 10.3 Å². The number of nitrogens with one attached hydrogen (secondary N) is 1. The van der Waals surface area contributed by atoms with Gasteiger partial charge in [-0.1, -0.05) is 52.3 Å². The lowest BCUT2D eigenvalue weighted by Gasteiger charge is -2.07. The van der Waals surface area contributed by atoms with E-state index in [2.05, 4.69) is 26.2 Å². The number of pyridine rings is 1. The summed E-state index contributed by atoms with van der Waals surface area (Å²) in [5, 5.41) is 2.88. The lowest BCUT2D eigenvalue weighted by atomic mass is 10.2. The number of carbonyl (C=O) groups is 1. The van der Waals surface area contributed by atoms with E-state index in [0.717, 1.165) is 26.9 Å². The van der Waals surface area contributed by atoms with Gasteiger partial charge in [0.25, 0.3) is 0 Å². The molecule has 0 saturated carbocycles. The number of rotatable bonds is 7. The van der Waals surface area contributed by atoms with E-state index in [4.69, 9.17) is 4.74 Å². The Morgan fingerprint density at radius 3 is 2.59 bits per heavy atom. The highest BCUT2D eigenvalue weighted by Crippen LogP contribution is 2.17. The van der Waals surface area contributed by atoms with E-state index >= 15 is 0 Å². The summed E-state index contributed by atoms with van der Waals surface area (Å²) in [6, 6.07) is 19.3. The molecular formula is C22H19BrN2O2. The Kier molecular flexibility index (Phi) is 6.77. The molecule has 1 N–H and O–H groups in total. The molecule has 0 aliphatic rings. The molecule has 0 fully saturated rings. The number of ether oxygens (including phenoxy) is 1. The quantitative estimate of drug-likeness (QED) is 0.558. The molecule has 3 rings (SSSR count). The largest absolute Gasteiger partial charge is 0.489 e. The SMILES string of the molecule is O=C(/C=C/c1ccccc1Br)NCc1ccc(OCc2cccnc2)cc1. The first kappa shape index (κ1) is 18.9. The second kappa shape index (κ2) is 9.69. The maximum absolute atomic E-state index is 12.0. The van der Waals surface area contributed by atoms with Crippen molar-refractivity contribution < 1.29 is 9.53 Å². The van der Waals surface area contributed by atoms with Crippen LogP contribution in [0.2, 0.25) is 0 Å². The minimum absolute atomic E-state index is 0.136. The first-order valence-electron chi connectivity index (χ1n) is 8.52. The van der Waals surface area contributed by atoms with Gasteiger partial charge in [0.15, 0.2) is 0 Å². The summed E-state index contributed by atoms with van der Waals surface area (Å²) in [4.78, 5) is 16.0. The first-order chi connectivity index (χ1) is 13.2. The average molecular weight is 423 g/mol. The van der Waals surface area contributed by atoms with Crippen LogP contribution in [0.25, 0.3) is 6.08 Å². The lowest BCUT2D eigenvalue weighted by Crippen LogP contribution is -2.20. The number of hydrogen-bond donors (Lipinski definition) is 1. The molecule has 1 amide bonds. The van der Waals surface area contributed by atoms with Gasteiger partial charge in [-0.3, -0.25) is 9.78 Å². The minimum Gasteiger partial charge on any atom is -0.489 e. The van der Waals surface area contributed by atoms with Gasteiger partial charge in [0.1, 0.15) is 12.4 Å². The minimum atomic E-state index is -0.136. The number of aromatic nitrogens is 1. The highest BCUT2D eigenvalue weighted by atomic mass is 79.9. The predicted molar refractivity (Wildman–Crippen MR) is 110 cm³/mol. The van der Waals surface area contributed by atoms with Crippen LogP contribution < -0.4 is 10.1 Å². The lowest BCUT2D eigenvalue weighted by molar-refractivity contribution is -0.116. The molecule has 5 heteroatoms. The molecular weight excluding hydrogens is 404 g/mol. The molecule has 1 aromatic heterocycles. The van der Waals surface area contributed by atoms with E-state index in [0.29, 0.717) is 13.2 Å². The van der Waals surface area contributed by atoms with Gasteiger partial charge in [0, 0.05) is 35.1 Å². The van der Waals surface area contributed by atoms with Gasteiger partial charge in [0.05, 0.1) is 0 Å². The van der Waals surface area contributed by atoms with Gasteiger partial charge in [-0.25, -0.2) is 0 Å². The number of halogens is 1. The van der Waals surface area contributed by atoms with Crippen LogP contribution in [0.15, 0.2) is 83.6 Å². The second-order valence-corrected chi connectivity index (χ2v) is 6.72. The number of benzene rings is 2. The van der Waals surface area contributed by atoms with Crippen molar-refractivity contribution in [3.63, 3.8) is 0 Å². The van der Waals surface area contributed by atoms with Gasteiger partial charge in [-0.15, -0.1) is 0 Å². The molecule has 0 saturated heterocycles. The molecule has 4 nitrogen and oxygen atoms in total. The zero-order valence-electron chi connectivity index (χ0n) is 14.6. The third-order valence-electron chi connectivity index (χ3n) is 3.84. The van der Waals surface area contributed by atoms with E-state index in [1.54, 1.807) is 18.5 Å². The van der Waals surface area contributed by atoms with Crippen LogP contribution in [0.3, 0.4) is 0 Å². The van der Waals surface area contributed by atoms with E-state index in [9.17, 15) is 4.79 Å². The van der Waals surface area contributed by atoms with Gasteiger partial charge in [0.2, 0.25) is 5.91 Å². The van der Waals surface area contributed by atoms with Gasteiger partial charge in [-0.05, 0) is 41.5 Å². The summed E-state index contributed by atoms with van der Waals surface area (Å²) in [5.41, 5.74) is 2.99. The fourth-order valence-corrected chi connectivity index (χ4v) is 2.79. The summed E-state index contributed by atoms with van der Waals surface area (Å²) < 4.78 is 6.68. The molecule has 2 aromatic carbocycles. The summed E-state index contributed by atoms with van der Waals surface area (Å²) in [5.74, 6) is 0.644. The first-order valence-corrected chi connectivity index (χ1v) is 9.31. The van der Waals surface area contributed by atoms with Gasteiger partial charge >= 0.3 is 0 Å². The highest BCUT2D eigenvalue weighted by molar-refractivity contribution is 9.10. The highest BCUT2D eigenvalue weighted by Gasteiger charge is 2.00. The molecule has 0 atom stereocenters. The van der Waals surface area contributed by atoms with E-state index in [1.807, 2.05) is 60.7 Å². The molecule has 0 radical (unpaired) electrons. The summed E-state index contributed by atoms with van der Waals surface area (Å²) in [6.07, 6.45) is 6.84. The predicted octanol–water partition coefficient (Wildman–Crippen LogP) is 4.75. The topological polar surface area (TPSA) is 51.2 Å². The molecule has 0 bridgehead atoms. The van der Waals surface area contributed by atoms with Crippen LogP contribution in [0.5, 0.6) is 5.75 Å². The van der Waals surface area contributed by atoms with E-state index < -0.39 is 0 Å². The van der Waals surface area contributed by atoms with Crippen LogP contribution >= 0.6 is 15.9 Å². The van der Waals surface area contributed by atoms with E-state index in [-0.39, 0.29) is 5.91 Å². The van der Waals surface area contributed by atoms with Crippen LogP contribution in [-0.2, 0) is 17.9 Å². The normalized spacial score (nSPS) is 10.7. The number of carbonyl (C=O) groups excluding carboxylic acids is 1. The molecule has 1 heterocycles. The maximum Gasteiger partial charge on any atom is 0.244 e. The number of nitrogens with zero attached hydrogens (tertiary/aromatic N) is 1. The van der Waals surface area contributed by atoms with Crippen LogP contribution in [0.4, 0.5) is 0 Å². The average Bonchev–Trinajstić information content (AvgIpc) is 2.71. The van der Waals surface area contributed by atoms with Gasteiger partial charge in [-0.2, -0.15) is 0 Å². The third kappa shape index (κ3) is 6.08. The summed E-state index contributed by atoms with van der Waals surface area (Å²) in [7, 11) is 0. The smallest absolute Gasteiger partial charge is 0.244 e. The number of amides is 1. The van der Waals surface area contributed by atoms with Crippen molar-refractivity contribution in [2.45, 2.75) is 13.2 Å². The van der Waals surface area contributed by atoms with Crippen molar-refractivity contribution in [3.05, 3.63) is 100 Å².